The van der Waals surface area contributed by atoms with Gasteiger partial charge in [0.25, 0.3) is 10.0 Å². The lowest BCUT2D eigenvalue weighted by molar-refractivity contribution is -0.133. The Hall–Kier alpha value is -2.87. The molecule has 1 aliphatic heterocycles. The van der Waals surface area contributed by atoms with Crippen LogP contribution in [0.2, 0.25) is 0 Å². The largest absolute Gasteiger partial charge is 0.342 e. The van der Waals surface area contributed by atoms with Crippen molar-refractivity contribution in [1.29, 1.82) is 0 Å². The third-order valence-corrected chi connectivity index (χ3v) is 6.99. The Morgan fingerprint density at radius 3 is 2.03 bits per heavy atom. The number of carbonyl (C=O) groups is 2. The van der Waals surface area contributed by atoms with Gasteiger partial charge < -0.3 is 9.80 Å². The summed E-state index contributed by atoms with van der Waals surface area (Å²) in [5.41, 5.74) is 3.26. The molecule has 8 heteroatoms. The fourth-order valence-corrected chi connectivity index (χ4v) is 4.94. The third-order valence-electron chi connectivity index (χ3n) is 5.20. The molecule has 0 unspecified atom stereocenters. The molecule has 0 saturated carbocycles. The predicted octanol–water partition coefficient (Wildman–Crippen LogP) is 2.11. The van der Waals surface area contributed by atoms with E-state index in [2.05, 4.69) is 0 Å². The summed E-state index contributed by atoms with van der Waals surface area (Å²) in [6, 6.07) is 12.1. The summed E-state index contributed by atoms with van der Waals surface area (Å²) in [7, 11) is -3.93. The first-order chi connectivity index (χ1) is 14.2. The molecule has 0 spiro atoms. The molecule has 2 amide bonds. The molecule has 1 fully saturated rings. The van der Waals surface area contributed by atoms with Gasteiger partial charge in [-0.05, 0) is 56.2 Å². The molecule has 1 aliphatic rings. The summed E-state index contributed by atoms with van der Waals surface area (Å²) < 4.78 is 28.2. The third kappa shape index (κ3) is 4.81. The van der Waals surface area contributed by atoms with Gasteiger partial charge in [0.1, 0.15) is 6.54 Å². The molecule has 0 N–H and O–H groups in total. The second kappa shape index (κ2) is 8.87. The Bertz CT molecular complexity index is 1010. The molecule has 2 aromatic carbocycles. The van der Waals surface area contributed by atoms with Crippen molar-refractivity contribution in [2.24, 2.45) is 0 Å². The van der Waals surface area contributed by atoms with Crippen molar-refractivity contribution in [3.05, 3.63) is 59.2 Å². The Kier molecular flexibility index (Phi) is 6.45. The molecular formula is C22H27N3O4S. The van der Waals surface area contributed by atoms with E-state index in [4.69, 9.17) is 0 Å². The van der Waals surface area contributed by atoms with Crippen molar-refractivity contribution < 1.29 is 18.0 Å². The number of amides is 2. The number of nitrogens with zero attached hydrogens (tertiary/aromatic N) is 3. The van der Waals surface area contributed by atoms with Gasteiger partial charge in [-0.3, -0.25) is 13.9 Å². The zero-order valence-corrected chi connectivity index (χ0v) is 18.4. The molecule has 0 atom stereocenters. The van der Waals surface area contributed by atoms with E-state index in [0.29, 0.717) is 31.9 Å². The summed E-state index contributed by atoms with van der Waals surface area (Å²) in [6.45, 7) is 7.07. The molecule has 160 valence electrons. The van der Waals surface area contributed by atoms with Crippen LogP contribution in [0.1, 0.15) is 16.7 Å². The van der Waals surface area contributed by atoms with Gasteiger partial charge in [-0.25, -0.2) is 8.42 Å². The SMILES string of the molecule is Cc1ccc(S(=O)(=O)N(CC(=O)N2CCN(C=O)CC2)c2cc(C)cc(C)c2)cc1. The minimum Gasteiger partial charge on any atom is -0.342 e. The van der Waals surface area contributed by atoms with Gasteiger partial charge in [0.2, 0.25) is 12.3 Å². The van der Waals surface area contributed by atoms with E-state index < -0.39 is 10.0 Å². The van der Waals surface area contributed by atoms with Crippen LogP contribution < -0.4 is 4.31 Å². The molecule has 1 heterocycles. The van der Waals surface area contributed by atoms with Crippen molar-refractivity contribution >= 4 is 28.0 Å². The van der Waals surface area contributed by atoms with E-state index in [1.807, 2.05) is 26.8 Å². The maximum atomic E-state index is 13.5. The van der Waals surface area contributed by atoms with Crippen LogP contribution in [0.5, 0.6) is 0 Å². The molecule has 30 heavy (non-hydrogen) atoms. The average molecular weight is 430 g/mol. The van der Waals surface area contributed by atoms with E-state index in [9.17, 15) is 18.0 Å². The van der Waals surface area contributed by atoms with Gasteiger partial charge in [0, 0.05) is 26.2 Å². The lowest BCUT2D eigenvalue weighted by Crippen LogP contribution is -2.51. The Morgan fingerprint density at radius 1 is 0.933 bits per heavy atom. The summed E-state index contributed by atoms with van der Waals surface area (Å²) >= 11 is 0. The monoisotopic (exact) mass is 429 g/mol. The van der Waals surface area contributed by atoms with Gasteiger partial charge in [-0.15, -0.1) is 0 Å². The summed E-state index contributed by atoms with van der Waals surface area (Å²) in [6.07, 6.45) is 0.769. The first-order valence-corrected chi connectivity index (χ1v) is 11.3. The van der Waals surface area contributed by atoms with Crippen LogP contribution in [0, 0.1) is 20.8 Å². The molecule has 0 radical (unpaired) electrons. The quantitative estimate of drug-likeness (QED) is 0.659. The minimum absolute atomic E-state index is 0.144. The Labute approximate surface area is 177 Å². The molecule has 0 aromatic heterocycles. The number of rotatable bonds is 6. The fraction of sp³-hybridized carbons (Fsp3) is 0.364. The molecule has 3 rings (SSSR count). The lowest BCUT2D eigenvalue weighted by atomic mass is 10.1. The molecule has 0 bridgehead atoms. The van der Waals surface area contributed by atoms with Crippen LogP contribution in [0.3, 0.4) is 0 Å². The van der Waals surface area contributed by atoms with Gasteiger partial charge in [-0.2, -0.15) is 0 Å². The second-order valence-electron chi connectivity index (χ2n) is 7.69. The smallest absolute Gasteiger partial charge is 0.264 e. The average Bonchev–Trinajstić information content (AvgIpc) is 2.71. The van der Waals surface area contributed by atoms with Crippen LogP contribution in [-0.2, 0) is 19.6 Å². The second-order valence-corrected chi connectivity index (χ2v) is 9.56. The van der Waals surface area contributed by atoms with Crippen molar-refractivity contribution in [2.45, 2.75) is 25.7 Å². The number of sulfonamides is 1. The van der Waals surface area contributed by atoms with Gasteiger partial charge >= 0.3 is 0 Å². The van der Waals surface area contributed by atoms with Gasteiger partial charge in [0.05, 0.1) is 10.6 Å². The number of hydrogen-bond donors (Lipinski definition) is 0. The van der Waals surface area contributed by atoms with Crippen LogP contribution in [-0.4, -0.2) is 63.3 Å². The van der Waals surface area contributed by atoms with E-state index >= 15 is 0 Å². The molecule has 1 saturated heterocycles. The number of benzene rings is 2. The van der Waals surface area contributed by atoms with E-state index in [-0.39, 0.29) is 17.3 Å². The number of carbonyl (C=O) groups excluding carboxylic acids is 2. The number of anilines is 1. The maximum Gasteiger partial charge on any atom is 0.264 e. The molecule has 0 aliphatic carbocycles. The fourth-order valence-electron chi connectivity index (χ4n) is 3.55. The van der Waals surface area contributed by atoms with E-state index in [1.54, 1.807) is 46.2 Å². The zero-order chi connectivity index (χ0) is 21.9. The van der Waals surface area contributed by atoms with Crippen LogP contribution in [0.4, 0.5) is 5.69 Å². The zero-order valence-electron chi connectivity index (χ0n) is 17.5. The lowest BCUT2D eigenvalue weighted by Gasteiger charge is -2.34. The van der Waals surface area contributed by atoms with Crippen molar-refractivity contribution in [3.63, 3.8) is 0 Å². The highest BCUT2D eigenvalue weighted by Crippen LogP contribution is 2.26. The highest BCUT2D eigenvalue weighted by molar-refractivity contribution is 7.92. The summed E-state index contributed by atoms with van der Waals surface area (Å²) in [5.74, 6) is -0.282. The van der Waals surface area contributed by atoms with Crippen molar-refractivity contribution in [3.8, 4) is 0 Å². The van der Waals surface area contributed by atoms with Crippen LogP contribution in [0.25, 0.3) is 0 Å². The van der Waals surface area contributed by atoms with E-state index in [0.717, 1.165) is 23.1 Å². The number of aryl methyl sites for hydroxylation is 3. The van der Waals surface area contributed by atoms with Crippen LogP contribution >= 0.6 is 0 Å². The van der Waals surface area contributed by atoms with E-state index in [1.165, 1.54) is 4.31 Å². The summed E-state index contributed by atoms with van der Waals surface area (Å²) in [5, 5.41) is 0. The molecule has 7 nitrogen and oxygen atoms in total. The van der Waals surface area contributed by atoms with Crippen LogP contribution in [0.15, 0.2) is 47.4 Å². The van der Waals surface area contributed by atoms with Gasteiger partial charge in [0.15, 0.2) is 0 Å². The normalized spacial score (nSPS) is 14.5. The predicted molar refractivity (Wildman–Crippen MR) is 116 cm³/mol. The Morgan fingerprint density at radius 2 is 1.50 bits per heavy atom. The first kappa shape index (κ1) is 21.8. The number of piperazine rings is 1. The standard InChI is InChI=1S/C22H27N3O4S/c1-17-4-6-21(7-5-17)30(28,29)25(20-13-18(2)12-19(3)14-20)15-22(27)24-10-8-23(16-26)9-11-24/h4-7,12-14,16H,8-11,15H2,1-3H3. The first-order valence-electron chi connectivity index (χ1n) is 9.85. The molecular weight excluding hydrogens is 402 g/mol. The van der Waals surface area contributed by atoms with Crippen molar-refractivity contribution in [1.82, 2.24) is 9.80 Å². The van der Waals surface area contributed by atoms with Crippen molar-refractivity contribution in [2.75, 3.05) is 37.0 Å². The maximum absolute atomic E-state index is 13.5. The van der Waals surface area contributed by atoms with Gasteiger partial charge in [-0.1, -0.05) is 23.8 Å². The highest BCUT2D eigenvalue weighted by Gasteiger charge is 2.30. The highest BCUT2D eigenvalue weighted by atomic mass is 32.2. The molecule has 2 aromatic rings. The summed E-state index contributed by atoms with van der Waals surface area (Å²) in [4.78, 5) is 27.3. The Balaban J connectivity index is 1.94. The minimum atomic E-state index is -3.93. The number of hydrogen-bond acceptors (Lipinski definition) is 4. The topological polar surface area (TPSA) is 78.0 Å².